The van der Waals surface area contributed by atoms with Gasteiger partial charge in [-0.2, -0.15) is 5.10 Å². The molecule has 4 aliphatic rings. The van der Waals surface area contributed by atoms with Gasteiger partial charge in [-0.05, 0) is 68.6 Å². The van der Waals surface area contributed by atoms with Crippen LogP contribution in [-0.4, -0.2) is 22.2 Å². The van der Waals surface area contributed by atoms with E-state index >= 15 is 0 Å². The molecule has 1 N–H and O–H groups in total. The molecule has 114 valence electrons. The van der Waals surface area contributed by atoms with Gasteiger partial charge >= 0.3 is 0 Å². The number of aromatic nitrogens is 2. The predicted octanol–water partition coefficient (Wildman–Crippen LogP) is 2.67. The maximum Gasteiger partial charge on any atom is 0.254 e. The summed E-state index contributed by atoms with van der Waals surface area (Å²) in [4.78, 5) is 12.4. The lowest BCUT2D eigenvalue weighted by Crippen LogP contribution is -2.51. The van der Waals surface area contributed by atoms with Crippen LogP contribution in [0.5, 0.6) is 0 Å². The fraction of sp³-hybridized carbons (Fsp3) is 0.765. The number of amides is 1. The molecule has 1 aromatic rings. The molecule has 21 heavy (non-hydrogen) atoms. The minimum absolute atomic E-state index is 0.0522. The lowest BCUT2D eigenvalue weighted by atomic mass is 9.49. The average molecular weight is 287 g/mol. The third-order valence-corrected chi connectivity index (χ3v) is 6.27. The first-order chi connectivity index (χ1) is 10.0. The average Bonchev–Trinajstić information content (AvgIpc) is 2.75. The van der Waals surface area contributed by atoms with E-state index < -0.39 is 0 Å². The molecule has 0 unspecified atom stereocenters. The monoisotopic (exact) mass is 287 g/mol. The van der Waals surface area contributed by atoms with Crippen molar-refractivity contribution in [3.8, 4) is 0 Å². The quantitative estimate of drug-likeness (QED) is 0.929. The third kappa shape index (κ3) is 2.19. The van der Waals surface area contributed by atoms with Gasteiger partial charge in [0.25, 0.3) is 5.91 Å². The van der Waals surface area contributed by atoms with Crippen molar-refractivity contribution in [2.24, 2.45) is 30.2 Å². The van der Waals surface area contributed by atoms with Gasteiger partial charge in [0.15, 0.2) is 0 Å². The van der Waals surface area contributed by atoms with Gasteiger partial charge in [0.05, 0.1) is 11.8 Å². The molecular formula is C17H25N3O. The van der Waals surface area contributed by atoms with Crippen LogP contribution in [-0.2, 0) is 7.05 Å². The van der Waals surface area contributed by atoms with E-state index in [1.54, 1.807) is 10.9 Å². The van der Waals surface area contributed by atoms with Crippen molar-refractivity contribution in [3.05, 3.63) is 17.5 Å². The molecule has 0 aromatic carbocycles. The molecule has 4 fully saturated rings. The Labute approximate surface area is 126 Å². The third-order valence-electron chi connectivity index (χ3n) is 6.27. The van der Waals surface area contributed by atoms with Crippen LogP contribution in [0.2, 0.25) is 0 Å². The first kappa shape index (κ1) is 13.4. The first-order valence-electron chi connectivity index (χ1n) is 8.31. The fourth-order valence-electron chi connectivity index (χ4n) is 5.59. The summed E-state index contributed by atoms with van der Waals surface area (Å²) in [5, 5.41) is 7.39. The van der Waals surface area contributed by atoms with Crippen molar-refractivity contribution in [2.75, 3.05) is 6.54 Å². The number of nitrogens with one attached hydrogen (secondary N) is 1. The minimum Gasteiger partial charge on any atom is -0.351 e. The lowest BCUT2D eigenvalue weighted by Gasteiger charge is -2.56. The molecular weight excluding hydrogens is 262 g/mol. The molecule has 1 aromatic heterocycles. The van der Waals surface area contributed by atoms with Gasteiger partial charge in [-0.1, -0.05) is 0 Å². The van der Waals surface area contributed by atoms with E-state index in [4.69, 9.17) is 0 Å². The summed E-state index contributed by atoms with van der Waals surface area (Å²) >= 11 is 0. The zero-order valence-corrected chi connectivity index (χ0v) is 13.1. The van der Waals surface area contributed by atoms with E-state index in [1.807, 2.05) is 14.0 Å². The Morgan fingerprint density at radius 3 is 2.33 bits per heavy atom. The molecule has 5 rings (SSSR count). The van der Waals surface area contributed by atoms with Gasteiger partial charge in [-0.25, -0.2) is 0 Å². The Hall–Kier alpha value is -1.32. The summed E-state index contributed by atoms with van der Waals surface area (Å²) in [5.41, 5.74) is 2.07. The highest BCUT2D eigenvalue weighted by Gasteiger charge is 2.50. The molecule has 1 heterocycles. The second kappa shape index (κ2) is 4.59. The number of rotatable bonds is 3. The summed E-state index contributed by atoms with van der Waals surface area (Å²) in [6.07, 6.45) is 10.1. The molecule has 4 saturated carbocycles. The van der Waals surface area contributed by atoms with Crippen LogP contribution in [0.1, 0.15) is 54.6 Å². The number of hydrogen-bond donors (Lipinski definition) is 1. The van der Waals surface area contributed by atoms with Crippen LogP contribution in [0.15, 0.2) is 6.20 Å². The molecule has 0 spiro atoms. The zero-order valence-electron chi connectivity index (χ0n) is 13.1. The maximum atomic E-state index is 12.4. The molecule has 0 aliphatic heterocycles. The highest BCUT2D eigenvalue weighted by Crippen LogP contribution is 2.59. The Morgan fingerprint density at radius 2 is 1.86 bits per heavy atom. The Kier molecular flexibility index (Phi) is 2.92. The van der Waals surface area contributed by atoms with E-state index in [0.717, 1.165) is 35.6 Å². The van der Waals surface area contributed by atoms with Gasteiger partial charge in [-0.3, -0.25) is 9.48 Å². The predicted molar refractivity (Wildman–Crippen MR) is 80.9 cm³/mol. The summed E-state index contributed by atoms with van der Waals surface area (Å²) in [7, 11) is 1.88. The van der Waals surface area contributed by atoms with Gasteiger partial charge < -0.3 is 5.32 Å². The van der Waals surface area contributed by atoms with Crippen LogP contribution in [0.25, 0.3) is 0 Å². The summed E-state index contributed by atoms with van der Waals surface area (Å²) in [6, 6.07) is 0. The number of carbonyl (C=O) groups excluding carboxylic acids is 1. The van der Waals surface area contributed by atoms with E-state index in [9.17, 15) is 4.79 Å². The van der Waals surface area contributed by atoms with Crippen molar-refractivity contribution in [2.45, 2.75) is 45.4 Å². The van der Waals surface area contributed by atoms with Crippen LogP contribution >= 0.6 is 0 Å². The van der Waals surface area contributed by atoms with Crippen molar-refractivity contribution in [1.29, 1.82) is 0 Å². The molecule has 0 atom stereocenters. The van der Waals surface area contributed by atoms with Crippen LogP contribution < -0.4 is 5.32 Å². The molecule has 4 bridgehead atoms. The molecule has 4 nitrogen and oxygen atoms in total. The molecule has 0 saturated heterocycles. The van der Waals surface area contributed by atoms with Crippen molar-refractivity contribution in [1.82, 2.24) is 15.1 Å². The van der Waals surface area contributed by atoms with Crippen LogP contribution in [0, 0.1) is 30.1 Å². The van der Waals surface area contributed by atoms with Crippen LogP contribution in [0.3, 0.4) is 0 Å². The van der Waals surface area contributed by atoms with E-state index in [2.05, 4.69) is 10.4 Å². The Morgan fingerprint density at radius 1 is 1.29 bits per heavy atom. The fourth-order valence-corrected chi connectivity index (χ4v) is 5.59. The molecule has 1 amide bonds. The van der Waals surface area contributed by atoms with Crippen molar-refractivity contribution in [3.63, 3.8) is 0 Å². The lowest BCUT2D eigenvalue weighted by molar-refractivity contribution is -0.0503. The van der Waals surface area contributed by atoms with E-state index in [1.165, 1.54) is 38.5 Å². The van der Waals surface area contributed by atoms with Crippen LogP contribution in [0.4, 0.5) is 0 Å². The summed E-state index contributed by atoms with van der Waals surface area (Å²) in [5.74, 6) is 2.87. The van der Waals surface area contributed by atoms with Gasteiger partial charge in [0, 0.05) is 19.3 Å². The highest BCUT2D eigenvalue weighted by atomic mass is 16.1. The topological polar surface area (TPSA) is 46.9 Å². The second-order valence-electron chi connectivity index (χ2n) is 7.87. The Balaban J connectivity index is 1.45. The van der Waals surface area contributed by atoms with Gasteiger partial charge in [-0.15, -0.1) is 0 Å². The van der Waals surface area contributed by atoms with Gasteiger partial charge in [0.2, 0.25) is 0 Å². The molecule has 4 aliphatic carbocycles. The molecule has 4 heteroatoms. The van der Waals surface area contributed by atoms with E-state index in [-0.39, 0.29) is 5.91 Å². The van der Waals surface area contributed by atoms with E-state index in [0.29, 0.717) is 5.41 Å². The maximum absolute atomic E-state index is 12.4. The Bertz CT molecular complexity index is 539. The zero-order chi connectivity index (χ0) is 14.6. The van der Waals surface area contributed by atoms with Crippen molar-refractivity contribution >= 4 is 5.91 Å². The SMILES string of the molecule is Cc1c(C(=O)NCC23CC4CC(CC(C4)C2)C3)cnn1C. The van der Waals surface area contributed by atoms with Gasteiger partial charge in [0.1, 0.15) is 0 Å². The summed E-state index contributed by atoms with van der Waals surface area (Å²) in [6.45, 7) is 2.82. The smallest absolute Gasteiger partial charge is 0.254 e. The number of aryl methyl sites for hydroxylation is 1. The number of carbonyl (C=O) groups is 1. The standard InChI is InChI=1S/C17H25N3O/c1-11-15(9-19-20(11)2)16(21)18-10-17-6-12-3-13(7-17)5-14(4-12)8-17/h9,12-14H,3-8,10H2,1-2H3,(H,18,21). The first-order valence-corrected chi connectivity index (χ1v) is 8.31. The molecule has 0 radical (unpaired) electrons. The summed E-state index contributed by atoms with van der Waals surface area (Å²) < 4.78 is 1.76. The highest BCUT2D eigenvalue weighted by molar-refractivity contribution is 5.95. The number of nitrogens with zero attached hydrogens (tertiary/aromatic N) is 2. The second-order valence-corrected chi connectivity index (χ2v) is 7.87. The number of hydrogen-bond acceptors (Lipinski definition) is 2. The normalized spacial score (nSPS) is 37.0. The van der Waals surface area contributed by atoms with Crippen molar-refractivity contribution < 1.29 is 4.79 Å². The largest absolute Gasteiger partial charge is 0.351 e. The minimum atomic E-state index is 0.0522.